The topological polar surface area (TPSA) is 64.1 Å². The Bertz CT molecular complexity index is 438. The van der Waals surface area contributed by atoms with Crippen LogP contribution in [-0.4, -0.2) is 22.8 Å². The highest BCUT2D eigenvalue weighted by Crippen LogP contribution is 1.97. The van der Waals surface area contributed by atoms with Crippen LogP contribution in [0.4, 0.5) is 4.39 Å². The largest absolute Gasteiger partial charge is 0.382 e. The minimum Gasteiger partial charge on any atom is -0.382 e. The molecule has 0 amide bonds. The molecule has 0 aromatic carbocycles. The van der Waals surface area contributed by atoms with Gasteiger partial charge in [0.2, 0.25) is 5.82 Å². The molecule has 0 aliphatic rings. The van der Waals surface area contributed by atoms with Gasteiger partial charge in [0.1, 0.15) is 0 Å². The summed E-state index contributed by atoms with van der Waals surface area (Å²) in [5.74, 6) is -0.959. The number of hydrogen-bond acceptors (Lipinski definition) is 3. The molecule has 0 spiro atoms. The first-order chi connectivity index (χ1) is 7.04. The van der Waals surface area contributed by atoms with Crippen LogP contribution in [0.3, 0.4) is 0 Å². The van der Waals surface area contributed by atoms with Crippen LogP contribution < -0.4 is 11.2 Å². The normalized spacial score (nSPS) is 12.7. The van der Waals surface area contributed by atoms with E-state index in [0.717, 1.165) is 10.8 Å². The van der Waals surface area contributed by atoms with E-state index < -0.39 is 17.1 Å². The van der Waals surface area contributed by atoms with Crippen molar-refractivity contribution in [3.05, 3.63) is 32.9 Å². The van der Waals surface area contributed by atoms with E-state index in [1.807, 2.05) is 11.9 Å². The van der Waals surface area contributed by atoms with Crippen LogP contribution in [0.15, 0.2) is 15.8 Å². The van der Waals surface area contributed by atoms with Crippen molar-refractivity contribution in [2.75, 3.05) is 7.11 Å². The van der Waals surface area contributed by atoms with E-state index in [1.165, 1.54) is 0 Å². The molecule has 1 aromatic heterocycles. The molecule has 5 nitrogen and oxygen atoms in total. The number of aromatic nitrogens is 2. The molecule has 0 bridgehead atoms. The Morgan fingerprint density at radius 1 is 1.60 bits per heavy atom. The van der Waals surface area contributed by atoms with Crippen LogP contribution in [0, 0.1) is 5.82 Å². The molecule has 1 unspecified atom stereocenters. The van der Waals surface area contributed by atoms with Crippen LogP contribution in [0.25, 0.3) is 0 Å². The Kier molecular flexibility index (Phi) is 3.79. The molecule has 6 heteroatoms. The Hall–Kier alpha value is -1.43. The molecule has 84 valence electrons. The number of methoxy groups -OCH3 is 1. The van der Waals surface area contributed by atoms with E-state index in [9.17, 15) is 14.0 Å². The smallest absolute Gasteiger partial charge is 0.328 e. The molecule has 0 fully saturated rings. The maximum atomic E-state index is 12.8. The SMILES string of the molecule is COC(C)CCn1cc(F)c(=O)[nH]c1=O. The molecular weight excluding hydrogens is 203 g/mol. The second kappa shape index (κ2) is 4.88. The molecule has 0 saturated heterocycles. The second-order valence-electron chi connectivity index (χ2n) is 3.26. The third-order valence-corrected chi connectivity index (χ3v) is 2.15. The molecule has 1 rings (SSSR count). The van der Waals surface area contributed by atoms with E-state index in [0.29, 0.717) is 13.0 Å². The number of nitrogens with zero attached hydrogens (tertiary/aromatic N) is 1. The Balaban J connectivity index is 2.82. The lowest BCUT2D eigenvalue weighted by Crippen LogP contribution is -2.32. The minimum absolute atomic E-state index is 0.0214. The van der Waals surface area contributed by atoms with Gasteiger partial charge in [0.05, 0.1) is 12.3 Å². The zero-order chi connectivity index (χ0) is 11.4. The quantitative estimate of drug-likeness (QED) is 0.776. The van der Waals surface area contributed by atoms with E-state index >= 15 is 0 Å². The molecule has 1 aromatic rings. The van der Waals surface area contributed by atoms with Gasteiger partial charge in [-0.1, -0.05) is 0 Å². The van der Waals surface area contributed by atoms with Crippen molar-refractivity contribution in [1.29, 1.82) is 0 Å². The van der Waals surface area contributed by atoms with Gasteiger partial charge in [-0.2, -0.15) is 4.39 Å². The predicted molar refractivity (Wildman–Crippen MR) is 52.4 cm³/mol. The first-order valence-corrected chi connectivity index (χ1v) is 4.56. The average Bonchev–Trinajstić information content (AvgIpc) is 2.21. The lowest BCUT2D eigenvalue weighted by atomic mass is 10.3. The number of H-pyrrole nitrogens is 1. The van der Waals surface area contributed by atoms with Crippen molar-refractivity contribution >= 4 is 0 Å². The molecule has 1 heterocycles. The third-order valence-electron chi connectivity index (χ3n) is 2.15. The number of nitrogens with one attached hydrogen (secondary N) is 1. The van der Waals surface area contributed by atoms with E-state index in [2.05, 4.69) is 0 Å². The summed E-state index contributed by atoms with van der Waals surface area (Å²) in [6, 6.07) is 0. The van der Waals surface area contributed by atoms with Gasteiger partial charge in [0, 0.05) is 13.7 Å². The van der Waals surface area contributed by atoms with Gasteiger partial charge < -0.3 is 4.74 Å². The number of hydrogen-bond donors (Lipinski definition) is 1. The summed E-state index contributed by atoms with van der Waals surface area (Å²) in [4.78, 5) is 23.8. The monoisotopic (exact) mass is 216 g/mol. The van der Waals surface area contributed by atoms with Crippen LogP contribution in [0.1, 0.15) is 13.3 Å². The summed E-state index contributed by atoms with van der Waals surface area (Å²) in [5.41, 5.74) is -1.60. The lowest BCUT2D eigenvalue weighted by molar-refractivity contribution is 0.106. The fraction of sp³-hybridized carbons (Fsp3) is 0.556. The van der Waals surface area contributed by atoms with Crippen molar-refractivity contribution in [3.63, 3.8) is 0 Å². The number of aryl methyl sites for hydroxylation is 1. The Labute approximate surface area is 85.5 Å². The van der Waals surface area contributed by atoms with Crippen molar-refractivity contribution in [3.8, 4) is 0 Å². The first-order valence-electron chi connectivity index (χ1n) is 4.56. The van der Waals surface area contributed by atoms with E-state index in [-0.39, 0.29) is 6.10 Å². The van der Waals surface area contributed by atoms with Gasteiger partial charge in [0.25, 0.3) is 5.56 Å². The second-order valence-corrected chi connectivity index (χ2v) is 3.26. The molecule has 1 atom stereocenters. The fourth-order valence-corrected chi connectivity index (χ4v) is 1.09. The molecule has 0 aliphatic heterocycles. The average molecular weight is 216 g/mol. The maximum absolute atomic E-state index is 12.8. The predicted octanol–water partition coefficient (Wildman–Crippen LogP) is 0.101. The van der Waals surface area contributed by atoms with Crippen LogP contribution in [0.2, 0.25) is 0 Å². The number of rotatable bonds is 4. The number of aromatic amines is 1. The summed E-state index contributed by atoms with van der Waals surface area (Å²) in [5, 5.41) is 0. The summed E-state index contributed by atoms with van der Waals surface area (Å²) in [6.45, 7) is 2.15. The van der Waals surface area contributed by atoms with Gasteiger partial charge in [-0.3, -0.25) is 14.3 Å². The molecule has 0 radical (unpaired) electrons. The highest BCUT2D eigenvalue weighted by molar-refractivity contribution is 4.87. The van der Waals surface area contributed by atoms with E-state index in [1.54, 1.807) is 7.11 Å². The standard InChI is InChI=1S/C9H13FN2O3/c1-6(15-2)3-4-12-5-7(10)8(13)11-9(12)14/h5-6H,3-4H2,1-2H3,(H,11,13,14). The summed E-state index contributed by atoms with van der Waals surface area (Å²) < 4.78 is 18.9. The van der Waals surface area contributed by atoms with Crippen molar-refractivity contribution in [2.24, 2.45) is 0 Å². The van der Waals surface area contributed by atoms with Gasteiger partial charge in [-0.25, -0.2) is 4.79 Å². The molecule has 0 saturated carbocycles. The lowest BCUT2D eigenvalue weighted by Gasteiger charge is -2.09. The van der Waals surface area contributed by atoms with Crippen LogP contribution in [-0.2, 0) is 11.3 Å². The van der Waals surface area contributed by atoms with E-state index in [4.69, 9.17) is 4.74 Å². The van der Waals surface area contributed by atoms with Gasteiger partial charge >= 0.3 is 5.69 Å². The fourth-order valence-electron chi connectivity index (χ4n) is 1.09. The zero-order valence-corrected chi connectivity index (χ0v) is 8.62. The summed E-state index contributed by atoms with van der Waals surface area (Å²) in [6.07, 6.45) is 1.46. The van der Waals surface area contributed by atoms with Gasteiger partial charge in [0.15, 0.2) is 0 Å². The van der Waals surface area contributed by atoms with Crippen molar-refractivity contribution in [1.82, 2.24) is 9.55 Å². The minimum atomic E-state index is -0.990. The van der Waals surface area contributed by atoms with Crippen molar-refractivity contribution < 1.29 is 9.13 Å². The molecule has 1 N–H and O–H groups in total. The summed E-state index contributed by atoms with van der Waals surface area (Å²) in [7, 11) is 1.56. The Morgan fingerprint density at radius 2 is 2.27 bits per heavy atom. The maximum Gasteiger partial charge on any atom is 0.328 e. The number of ether oxygens (including phenoxy) is 1. The zero-order valence-electron chi connectivity index (χ0n) is 8.62. The molecular formula is C9H13FN2O3. The van der Waals surface area contributed by atoms with Crippen LogP contribution >= 0.6 is 0 Å². The van der Waals surface area contributed by atoms with Gasteiger partial charge in [-0.05, 0) is 13.3 Å². The molecule has 15 heavy (non-hydrogen) atoms. The summed E-state index contributed by atoms with van der Waals surface area (Å²) >= 11 is 0. The number of halogens is 1. The third kappa shape index (κ3) is 3.02. The van der Waals surface area contributed by atoms with Gasteiger partial charge in [-0.15, -0.1) is 0 Å². The molecule has 0 aliphatic carbocycles. The van der Waals surface area contributed by atoms with Crippen molar-refractivity contribution in [2.45, 2.75) is 26.0 Å². The highest BCUT2D eigenvalue weighted by atomic mass is 19.1. The van der Waals surface area contributed by atoms with Crippen LogP contribution in [0.5, 0.6) is 0 Å². The highest BCUT2D eigenvalue weighted by Gasteiger charge is 2.05. The first kappa shape index (κ1) is 11.6. The Morgan fingerprint density at radius 3 is 2.87 bits per heavy atom.